The molecule has 0 aliphatic carbocycles. The number of nitrogens with one attached hydrogen (secondary N) is 1. The summed E-state index contributed by atoms with van der Waals surface area (Å²) in [7, 11) is 3.18. The monoisotopic (exact) mass is 656 g/mol. The second-order valence-electron chi connectivity index (χ2n) is 10.3. The molecule has 1 unspecified atom stereocenters. The summed E-state index contributed by atoms with van der Waals surface area (Å²) in [5, 5.41) is 0. The molecule has 11 nitrogen and oxygen atoms in total. The van der Waals surface area contributed by atoms with Gasteiger partial charge in [-0.3, -0.25) is 14.3 Å². The summed E-state index contributed by atoms with van der Waals surface area (Å²) >= 11 is 4.79. The summed E-state index contributed by atoms with van der Waals surface area (Å²) < 4.78 is 30.7. The maximum Gasteiger partial charge on any atom is 0.330 e. The van der Waals surface area contributed by atoms with Gasteiger partial charge in [-0.25, -0.2) is 4.79 Å². The molecular formula is C32H37N2O9PS. The van der Waals surface area contributed by atoms with Gasteiger partial charge in [-0.2, -0.15) is 0 Å². The number of hydrogen-bond donors (Lipinski definition) is 3. The van der Waals surface area contributed by atoms with Crippen molar-refractivity contribution in [3.8, 4) is 11.5 Å². The van der Waals surface area contributed by atoms with Crippen LogP contribution >= 0.6 is 6.72 Å². The first-order valence-electron chi connectivity index (χ1n) is 13.7. The highest BCUT2D eigenvalue weighted by Gasteiger charge is 2.44. The Morgan fingerprint density at radius 3 is 1.98 bits per heavy atom. The fourth-order valence-electron chi connectivity index (χ4n) is 5.39. The summed E-state index contributed by atoms with van der Waals surface area (Å²) in [6.45, 7) is -2.68. The lowest BCUT2D eigenvalue weighted by Gasteiger charge is -2.37. The van der Waals surface area contributed by atoms with Crippen LogP contribution < -0.4 is 20.7 Å². The lowest BCUT2D eigenvalue weighted by atomic mass is 9.80. The molecule has 3 aromatic carbocycles. The van der Waals surface area contributed by atoms with E-state index in [0.29, 0.717) is 17.1 Å². The van der Waals surface area contributed by atoms with Gasteiger partial charge in [-0.1, -0.05) is 62.0 Å². The van der Waals surface area contributed by atoms with E-state index in [1.165, 1.54) is 10.8 Å². The van der Waals surface area contributed by atoms with Gasteiger partial charge in [0.1, 0.15) is 29.4 Å². The summed E-state index contributed by atoms with van der Waals surface area (Å²) in [4.78, 5) is 47.1. The molecule has 5 rings (SSSR count). The van der Waals surface area contributed by atoms with Crippen molar-refractivity contribution in [2.75, 3.05) is 20.8 Å². The normalized spacial score (nSPS) is 18.3. The predicted octanol–water partition coefficient (Wildman–Crippen LogP) is 4.39. The lowest BCUT2D eigenvalue weighted by Crippen LogP contribution is -2.38. The summed E-state index contributed by atoms with van der Waals surface area (Å²) in [5.41, 5.74) is 0.312. The van der Waals surface area contributed by atoms with Crippen LogP contribution in [0, 0.1) is 6.92 Å². The van der Waals surface area contributed by atoms with Crippen LogP contribution in [0.5, 0.6) is 11.5 Å². The van der Waals surface area contributed by atoms with Crippen LogP contribution in [0.15, 0.2) is 94.6 Å². The number of aromatic amines is 1. The third kappa shape index (κ3) is 7.45. The molecule has 2 heterocycles. The van der Waals surface area contributed by atoms with E-state index < -0.39 is 42.0 Å². The molecule has 0 radical (unpaired) electrons. The van der Waals surface area contributed by atoms with E-state index in [9.17, 15) is 19.4 Å². The van der Waals surface area contributed by atoms with Gasteiger partial charge in [0, 0.05) is 18.2 Å². The van der Waals surface area contributed by atoms with Gasteiger partial charge in [-0.15, -0.1) is 0 Å². The molecule has 1 fully saturated rings. The second-order valence-corrected chi connectivity index (χ2v) is 12.9. The average Bonchev–Trinajstić information content (AvgIpc) is 3.41. The molecule has 0 saturated carbocycles. The number of H-pyrrole nitrogens is 1. The molecule has 1 saturated heterocycles. The Hall–Kier alpha value is -3.61. The van der Waals surface area contributed by atoms with Crippen molar-refractivity contribution in [2.24, 2.45) is 0 Å². The molecule has 1 aliphatic heterocycles. The average molecular weight is 657 g/mol. The highest BCUT2D eigenvalue weighted by molar-refractivity contribution is 8.06. The zero-order valence-corrected chi connectivity index (χ0v) is 26.0. The van der Waals surface area contributed by atoms with Gasteiger partial charge in [0.25, 0.3) is 5.56 Å². The molecular weight excluding hydrogens is 619 g/mol. The highest BCUT2D eigenvalue weighted by Crippen LogP contribution is 2.46. The van der Waals surface area contributed by atoms with Gasteiger partial charge in [-0.05, 0) is 59.7 Å². The number of rotatable bonds is 11. The van der Waals surface area contributed by atoms with Crippen LogP contribution in [0.25, 0.3) is 0 Å². The van der Waals surface area contributed by atoms with Crippen molar-refractivity contribution in [1.29, 1.82) is 0 Å². The Bertz CT molecular complexity index is 1690. The Morgan fingerprint density at radius 2 is 1.47 bits per heavy atom. The first-order valence-corrected chi connectivity index (χ1v) is 16.4. The fourth-order valence-corrected chi connectivity index (χ4v) is 6.30. The van der Waals surface area contributed by atoms with Crippen LogP contribution in [0.1, 0.15) is 42.3 Å². The zero-order valence-electron chi connectivity index (χ0n) is 24.3. The number of methoxy groups -OCH3 is 2. The lowest BCUT2D eigenvalue weighted by molar-refractivity contribution is -0.0924. The number of benzene rings is 3. The molecule has 0 spiro atoms. The minimum atomic E-state index is -4.13. The Kier molecular flexibility index (Phi) is 10.8. The minimum absolute atomic E-state index is 0. The largest absolute Gasteiger partial charge is 0.497 e. The zero-order chi connectivity index (χ0) is 31.5. The number of hydrogen-bond acceptors (Lipinski definition) is 8. The second kappa shape index (κ2) is 14.2. The molecule has 3 atom stereocenters. The topological polar surface area (TPSA) is 141 Å². The van der Waals surface area contributed by atoms with Gasteiger partial charge in [0.15, 0.2) is 0 Å². The van der Waals surface area contributed by atoms with E-state index >= 15 is 0 Å². The van der Waals surface area contributed by atoms with E-state index in [1.54, 1.807) is 21.1 Å². The van der Waals surface area contributed by atoms with E-state index in [4.69, 9.17) is 35.3 Å². The van der Waals surface area contributed by atoms with Crippen molar-refractivity contribution >= 4 is 18.5 Å². The maximum absolute atomic E-state index is 12.7. The molecule has 0 amide bonds. The molecule has 3 N–H and O–H groups in total. The Balaban J connectivity index is 0.00000461. The smallest absolute Gasteiger partial charge is 0.330 e. The molecule has 1 aliphatic rings. The van der Waals surface area contributed by atoms with E-state index in [1.807, 2.05) is 78.9 Å². The number of nitrogens with zero attached hydrogens (tertiary/aromatic N) is 1. The Labute approximate surface area is 266 Å². The van der Waals surface area contributed by atoms with Crippen molar-refractivity contribution in [3.05, 3.63) is 128 Å². The quantitative estimate of drug-likeness (QED) is 0.157. The van der Waals surface area contributed by atoms with Crippen molar-refractivity contribution < 1.29 is 33.3 Å². The number of aryl methyl sites for hydroxylation is 1. The van der Waals surface area contributed by atoms with Crippen LogP contribution in [0.3, 0.4) is 0 Å². The fraction of sp³-hybridized carbons (Fsp3) is 0.312. The van der Waals surface area contributed by atoms with Crippen LogP contribution in [0.4, 0.5) is 0 Å². The molecule has 45 heavy (non-hydrogen) atoms. The Morgan fingerprint density at radius 1 is 0.933 bits per heavy atom. The van der Waals surface area contributed by atoms with E-state index in [-0.39, 0.29) is 20.5 Å². The van der Waals surface area contributed by atoms with Gasteiger partial charge < -0.3 is 33.3 Å². The first kappa shape index (κ1) is 34.3. The van der Waals surface area contributed by atoms with E-state index in [0.717, 1.165) is 16.7 Å². The summed E-state index contributed by atoms with van der Waals surface area (Å²) in [6, 6.07) is 24.6. The maximum atomic E-state index is 12.7. The van der Waals surface area contributed by atoms with Gasteiger partial charge >= 0.3 is 12.4 Å². The molecule has 4 aromatic rings. The number of ether oxygens (including phenoxy) is 4. The third-order valence-electron chi connectivity index (χ3n) is 7.55. The minimum Gasteiger partial charge on any atom is -0.497 e. The van der Waals surface area contributed by atoms with Crippen LogP contribution in [-0.2, 0) is 31.4 Å². The van der Waals surface area contributed by atoms with Crippen molar-refractivity contribution in [2.45, 2.75) is 44.8 Å². The summed E-state index contributed by atoms with van der Waals surface area (Å²) in [6.07, 6.45) is -1.29. The highest BCUT2D eigenvalue weighted by atomic mass is 32.5. The predicted molar refractivity (Wildman–Crippen MR) is 173 cm³/mol. The standard InChI is InChI=1S/C31H33N2O9PS.CH4/c1-20-18-33(30(35)32-29(20)34)28-17-26(42-43(36,37)44)27(41-28)19-40-31(21-7-5-4-6-8-21,22-9-13-24(38-2)14-10-22)23-11-15-25(39-3)16-12-23;/h4-16,18,26-28H,17,19H2,1-3H3,(H,32,34,35)(H2,36,37,44);1H4/t26?,27-,28-;/m1./s1. The van der Waals surface area contributed by atoms with Crippen molar-refractivity contribution in [1.82, 2.24) is 9.55 Å². The van der Waals surface area contributed by atoms with E-state index in [2.05, 4.69) is 4.98 Å². The first-order chi connectivity index (χ1) is 21.0. The number of aromatic nitrogens is 2. The third-order valence-corrected chi connectivity index (χ3v) is 8.35. The summed E-state index contributed by atoms with van der Waals surface area (Å²) in [5.74, 6) is 1.33. The molecule has 0 bridgehead atoms. The van der Waals surface area contributed by atoms with Crippen LogP contribution in [-0.4, -0.2) is 52.4 Å². The SMILES string of the molecule is C.COc1ccc(C(OC[C@H]2O[C@@H](n3cc(C)c(=O)[nH]c3=O)CC2OP(O)(O)=S)(c2ccccc2)c2ccc(OC)cc2)cc1. The van der Waals surface area contributed by atoms with Gasteiger partial charge in [0.2, 0.25) is 0 Å². The van der Waals surface area contributed by atoms with Gasteiger partial charge in [0.05, 0.1) is 26.9 Å². The molecule has 240 valence electrons. The molecule has 13 heteroatoms. The van der Waals surface area contributed by atoms with Crippen LogP contribution in [0.2, 0.25) is 0 Å². The van der Waals surface area contributed by atoms with Crippen molar-refractivity contribution in [3.63, 3.8) is 0 Å². The molecule has 1 aromatic heterocycles.